The second-order valence-electron chi connectivity index (χ2n) is 12.3. The number of rotatable bonds is 30. The summed E-state index contributed by atoms with van der Waals surface area (Å²) in [5, 5.41) is 2.45. The number of nitrogens with two attached hydrogens (primary N) is 1. The maximum atomic E-state index is 9.45. The Bertz CT molecular complexity index is 615. The SMILES string of the molecule is CCCCCCCCCCCCCCCCCCCCCCCCCCCC[NH2+]N1CCOCC1.CCOS(=O)(=O)[O-]. The highest BCUT2D eigenvalue weighted by Crippen LogP contribution is 2.15. The number of hydrogen-bond donors (Lipinski definition) is 1. The molecule has 0 saturated carbocycles. The van der Waals surface area contributed by atoms with E-state index in [-0.39, 0.29) is 6.61 Å². The fourth-order valence-electron chi connectivity index (χ4n) is 5.64. The van der Waals surface area contributed by atoms with E-state index in [1.54, 1.807) is 0 Å². The summed E-state index contributed by atoms with van der Waals surface area (Å²) in [4.78, 5) is 0. The molecule has 42 heavy (non-hydrogen) atoms. The molecule has 0 bridgehead atoms. The van der Waals surface area contributed by atoms with Gasteiger partial charge in [-0.15, -0.1) is 0 Å². The first-order chi connectivity index (χ1) is 20.5. The number of morpholine rings is 1. The lowest BCUT2D eigenvalue weighted by Gasteiger charge is -2.23. The van der Waals surface area contributed by atoms with Gasteiger partial charge in [-0.1, -0.05) is 161 Å². The minimum atomic E-state index is -4.42. The van der Waals surface area contributed by atoms with Gasteiger partial charge in [0.2, 0.25) is 10.4 Å². The van der Waals surface area contributed by atoms with Crippen molar-refractivity contribution in [3.8, 4) is 0 Å². The van der Waals surface area contributed by atoms with Gasteiger partial charge in [0.05, 0.1) is 39.5 Å². The second-order valence-corrected chi connectivity index (χ2v) is 13.3. The van der Waals surface area contributed by atoms with Gasteiger partial charge in [-0.25, -0.2) is 8.42 Å². The second kappa shape index (κ2) is 33.6. The van der Waals surface area contributed by atoms with Crippen molar-refractivity contribution in [2.45, 2.75) is 181 Å². The first-order valence-corrected chi connectivity index (χ1v) is 19.6. The zero-order valence-electron chi connectivity index (χ0n) is 28.1. The van der Waals surface area contributed by atoms with Gasteiger partial charge in [0, 0.05) is 0 Å². The third-order valence-electron chi connectivity index (χ3n) is 8.25. The quantitative estimate of drug-likeness (QED) is 0.0375. The Morgan fingerprint density at radius 2 is 0.881 bits per heavy atom. The van der Waals surface area contributed by atoms with Gasteiger partial charge in [-0.2, -0.15) is 5.01 Å². The Kier molecular flexibility index (Phi) is 33.4. The van der Waals surface area contributed by atoms with Gasteiger partial charge in [-0.3, -0.25) is 9.61 Å². The predicted octanol–water partition coefficient (Wildman–Crippen LogP) is 8.44. The molecule has 1 aliphatic heterocycles. The highest BCUT2D eigenvalue weighted by Gasteiger charge is 2.11. The molecule has 1 saturated heterocycles. The fraction of sp³-hybridized carbons (Fsp3) is 1.00. The molecule has 1 heterocycles. The summed E-state index contributed by atoms with van der Waals surface area (Å²) >= 11 is 0. The Morgan fingerprint density at radius 1 is 0.571 bits per heavy atom. The molecule has 8 heteroatoms. The van der Waals surface area contributed by atoms with Gasteiger partial charge in [0.15, 0.2) is 0 Å². The van der Waals surface area contributed by atoms with Crippen molar-refractivity contribution in [3.05, 3.63) is 0 Å². The van der Waals surface area contributed by atoms with Crippen LogP contribution in [-0.4, -0.2) is 57.4 Å². The van der Waals surface area contributed by atoms with Crippen molar-refractivity contribution in [2.75, 3.05) is 39.5 Å². The molecule has 0 unspecified atom stereocenters. The number of hydrogen-bond acceptors (Lipinski definition) is 6. The molecule has 0 amide bonds. The predicted molar refractivity (Wildman–Crippen MR) is 176 cm³/mol. The minimum Gasteiger partial charge on any atom is -0.726 e. The molecule has 0 spiro atoms. The van der Waals surface area contributed by atoms with E-state index in [1.807, 2.05) is 0 Å². The van der Waals surface area contributed by atoms with Crippen LogP contribution in [0.2, 0.25) is 0 Å². The first-order valence-electron chi connectivity index (χ1n) is 18.2. The molecule has 0 aromatic carbocycles. The molecule has 1 fully saturated rings. The smallest absolute Gasteiger partial charge is 0.217 e. The summed E-state index contributed by atoms with van der Waals surface area (Å²) in [6, 6.07) is 0. The molecule has 1 rings (SSSR count). The summed E-state index contributed by atoms with van der Waals surface area (Å²) in [6.07, 6.45) is 38.1. The number of quaternary nitrogens is 1. The number of nitrogens with zero attached hydrogens (tertiary/aromatic N) is 1. The largest absolute Gasteiger partial charge is 0.726 e. The van der Waals surface area contributed by atoms with Crippen LogP contribution in [0.3, 0.4) is 0 Å². The van der Waals surface area contributed by atoms with Crippen molar-refractivity contribution in [2.24, 2.45) is 0 Å². The average Bonchev–Trinajstić information content (AvgIpc) is 2.97. The van der Waals surface area contributed by atoms with E-state index in [9.17, 15) is 13.0 Å². The van der Waals surface area contributed by atoms with E-state index >= 15 is 0 Å². The lowest BCUT2D eigenvalue weighted by Crippen LogP contribution is -2.95. The molecular formula is C34H72N2O5S. The molecular weight excluding hydrogens is 548 g/mol. The number of unbranched alkanes of at least 4 members (excludes halogenated alkanes) is 25. The van der Waals surface area contributed by atoms with E-state index in [4.69, 9.17) is 4.74 Å². The van der Waals surface area contributed by atoms with Crippen LogP contribution in [0, 0.1) is 0 Å². The maximum absolute atomic E-state index is 9.45. The lowest BCUT2D eigenvalue weighted by atomic mass is 10.0. The Labute approximate surface area is 262 Å². The van der Waals surface area contributed by atoms with Crippen molar-refractivity contribution in [1.29, 1.82) is 0 Å². The van der Waals surface area contributed by atoms with Gasteiger partial charge < -0.3 is 9.29 Å². The molecule has 0 atom stereocenters. The standard InChI is InChI=1S/C32H66N2O.C2H6O4S/c1-2-3-4-5-6-7-8-9-10-11-12-13-14-15-16-17-18-19-20-21-22-23-24-25-26-27-28-33-34-29-31-35-32-30-34;1-2-6-7(3,4)5/h33H,2-32H2,1H3;2H2,1H3,(H,3,4,5). The molecule has 7 nitrogen and oxygen atoms in total. The Balaban J connectivity index is 0.00000212. The molecule has 1 aliphatic rings. The van der Waals surface area contributed by atoms with E-state index in [0.29, 0.717) is 0 Å². The topological polar surface area (TPSA) is 95.5 Å². The van der Waals surface area contributed by atoms with Crippen molar-refractivity contribution >= 4 is 10.4 Å². The van der Waals surface area contributed by atoms with Gasteiger partial charge in [0.25, 0.3) is 0 Å². The highest BCUT2D eigenvalue weighted by atomic mass is 32.3. The van der Waals surface area contributed by atoms with Gasteiger partial charge in [0.1, 0.15) is 0 Å². The van der Waals surface area contributed by atoms with Crippen molar-refractivity contribution < 1.29 is 27.3 Å². The van der Waals surface area contributed by atoms with Crippen LogP contribution in [0.5, 0.6) is 0 Å². The minimum absolute atomic E-state index is 0.0914. The summed E-state index contributed by atoms with van der Waals surface area (Å²) in [7, 11) is -4.42. The average molecular weight is 621 g/mol. The third kappa shape index (κ3) is 35.9. The van der Waals surface area contributed by atoms with E-state index in [1.165, 1.54) is 180 Å². The van der Waals surface area contributed by atoms with Crippen LogP contribution < -0.4 is 5.43 Å². The Morgan fingerprint density at radius 3 is 1.14 bits per heavy atom. The van der Waals surface area contributed by atoms with Gasteiger partial charge >= 0.3 is 0 Å². The Hall–Kier alpha value is -0.250. The summed E-state index contributed by atoms with van der Waals surface area (Å²) < 4.78 is 37.4. The fourth-order valence-corrected chi connectivity index (χ4v) is 5.93. The highest BCUT2D eigenvalue weighted by molar-refractivity contribution is 7.80. The molecule has 0 aromatic rings. The van der Waals surface area contributed by atoms with Crippen LogP contribution in [-0.2, 0) is 19.3 Å². The number of ether oxygens (including phenoxy) is 1. The molecule has 0 aromatic heterocycles. The molecule has 254 valence electrons. The lowest BCUT2D eigenvalue weighted by molar-refractivity contribution is -0.806. The molecule has 0 radical (unpaired) electrons. The van der Waals surface area contributed by atoms with E-state index in [0.717, 1.165) is 26.3 Å². The monoisotopic (exact) mass is 621 g/mol. The van der Waals surface area contributed by atoms with Crippen LogP contribution in [0.4, 0.5) is 0 Å². The zero-order valence-corrected chi connectivity index (χ0v) is 28.9. The van der Waals surface area contributed by atoms with Gasteiger partial charge in [-0.05, 0) is 19.8 Å². The summed E-state index contributed by atoms with van der Waals surface area (Å²) in [6.45, 7) is 8.92. The maximum Gasteiger partial charge on any atom is 0.217 e. The van der Waals surface area contributed by atoms with Crippen LogP contribution in [0.25, 0.3) is 0 Å². The third-order valence-corrected chi connectivity index (χ3v) is 8.78. The normalized spacial score (nSPS) is 14.2. The van der Waals surface area contributed by atoms with Crippen molar-refractivity contribution in [3.63, 3.8) is 0 Å². The van der Waals surface area contributed by atoms with Crippen LogP contribution in [0.1, 0.15) is 181 Å². The van der Waals surface area contributed by atoms with Crippen LogP contribution >= 0.6 is 0 Å². The summed E-state index contributed by atoms with van der Waals surface area (Å²) in [5.74, 6) is 0. The first kappa shape index (κ1) is 41.8. The van der Waals surface area contributed by atoms with E-state index < -0.39 is 10.4 Å². The van der Waals surface area contributed by atoms with Crippen molar-refractivity contribution in [1.82, 2.24) is 5.01 Å². The van der Waals surface area contributed by atoms with Crippen LogP contribution in [0.15, 0.2) is 0 Å². The van der Waals surface area contributed by atoms with E-state index in [2.05, 4.69) is 21.5 Å². The molecule has 2 N–H and O–H groups in total. The zero-order chi connectivity index (χ0) is 30.8. The molecule has 0 aliphatic carbocycles. The summed E-state index contributed by atoms with van der Waals surface area (Å²) in [5.41, 5.74) is 2.42.